The normalized spacial score (nSPS) is 29.4. The molecule has 1 aliphatic heterocycles. The molecule has 0 aromatic carbocycles. The van der Waals surface area contributed by atoms with Crippen LogP contribution in [-0.4, -0.2) is 65.3 Å². The van der Waals surface area contributed by atoms with Crippen LogP contribution in [0.4, 0.5) is 0 Å². The van der Waals surface area contributed by atoms with Gasteiger partial charge in [0.25, 0.3) is 0 Å². The molecule has 1 rings (SSSR count). The quantitative estimate of drug-likeness (QED) is 0.185. The highest BCUT2D eigenvalue weighted by molar-refractivity contribution is 6.94. The lowest BCUT2D eigenvalue weighted by Gasteiger charge is -2.54. The third kappa shape index (κ3) is 9.11. The molecule has 0 N–H and O–H groups in total. The van der Waals surface area contributed by atoms with Gasteiger partial charge in [-0.2, -0.15) is 0 Å². The lowest BCUT2D eigenvalue weighted by Crippen LogP contribution is -2.70. The Morgan fingerprint density at radius 3 is 0.900 bits per heavy atom. The van der Waals surface area contributed by atoms with Crippen LogP contribution < -0.4 is 0 Å². The molecule has 0 bridgehead atoms. The molecule has 0 aliphatic carbocycles. The van der Waals surface area contributed by atoms with Crippen molar-refractivity contribution >= 4 is 25.7 Å². The SMILES string of the molecule is CCC[Si]1(CCOCC)O[Si](CCC)(CCOCC)O[Si](CCC)(CCOCC)O1. The van der Waals surface area contributed by atoms with Gasteiger partial charge in [-0.1, -0.05) is 40.0 Å². The van der Waals surface area contributed by atoms with Crippen LogP contribution in [0, 0.1) is 0 Å². The minimum atomic E-state index is -2.42. The predicted molar refractivity (Wildman–Crippen MR) is 130 cm³/mol. The minimum absolute atomic E-state index is 0.715. The molecule has 0 radical (unpaired) electrons. The summed E-state index contributed by atoms with van der Waals surface area (Å²) in [5.41, 5.74) is 0. The van der Waals surface area contributed by atoms with E-state index in [-0.39, 0.29) is 0 Å². The van der Waals surface area contributed by atoms with Crippen molar-refractivity contribution in [1.82, 2.24) is 0 Å². The Morgan fingerprint density at radius 2 is 0.700 bits per heavy atom. The smallest absolute Gasteiger partial charge is 0.322 e. The molecule has 1 heterocycles. The molecule has 0 aromatic rings. The monoisotopic (exact) mass is 480 g/mol. The van der Waals surface area contributed by atoms with Gasteiger partial charge in [0.05, 0.1) is 0 Å². The predicted octanol–water partition coefficient (Wildman–Crippen LogP) is 5.72. The fourth-order valence-corrected chi connectivity index (χ4v) is 23.4. The molecule has 1 fully saturated rings. The second-order valence-electron chi connectivity index (χ2n) is 8.13. The van der Waals surface area contributed by atoms with Crippen molar-refractivity contribution in [3.8, 4) is 0 Å². The molecule has 0 unspecified atom stereocenters. The third-order valence-electron chi connectivity index (χ3n) is 5.50. The van der Waals surface area contributed by atoms with Gasteiger partial charge in [0.1, 0.15) is 0 Å². The summed E-state index contributed by atoms with van der Waals surface area (Å²) in [6.07, 6.45) is 3.22. The van der Waals surface area contributed by atoms with Gasteiger partial charge in [0.15, 0.2) is 0 Å². The van der Waals surface area contributed by atoms with Gasteiger partial charge in [-0.15, -0.1) is 0 Å². The number of ether oxygens (including phenoxy) is 3. The summed E-state index contributed by atoms with van der Waals surface area (Å²) in [4.78, 5) is 0. The van der Waals surface area contributed by atoms with Crippen molar-refractivity contribution in [1.29, 1.82) is 0 Å². The maximum Gasteiger partial charge on any atom is 0.322 e. The van der Waals surface area contributed by atoms with E-state index in [4.69, 9.17) is 26.6 Å². The number of hydrogen-bond acceptors (Lipinski definition) is 6. The molecule has 0 amide bonds. The Bertz CT molecular complexity index is 373. The second-order valence-corrected chi connectivity index (χ2v) is 19.0. The molecule has 0 spiro atoms. The van der Waals surface area contributed by atoms with Gasteiger partial charge in [0.2, 0.25) is 0 Å². The van der Waals surface area contributed by atoms with Gasteiger partial charge in [-0.3, -0.25) is 0 Å². The van der Waals surface area contributed by atoms with E-state index in [2.05, 4.69) is 41.5 Å². The molecule has 0 aromatic heterocycles. The van der Waals surface area contributed by atoms with E-state index in [1.165, 1.54) is 0 Å². The summed E-state index contributed by atoms with van der Waals surface area (Å²) in [6, 6.07) is 5.76. The Hall–Kier alpha value is 0.411. The van der Waals surface area contributed by atoms with Gasteiger partial charge in [0, 0.05) is 57.8 Å². The first-order valence-corrected chi connectivity index (χ1v) is 19.0. The second kappa shape index (κ2) is 15.3. The van der Waals surface area contributed by atoms with E-state index in [0.717, 1.165) is 75.3 Å². The first kappa shape index (κ1) is 28.4. The Kier molecular flexibility index (Phi) is 14.5. The summed E-state index contributed by atoms with van der Waals surface area (Å²) in [6.45, 7) is 17.2. The standard InChI is InChI=1S/C21H48O6Si3/c1-7-16-28(19-13-22-10-4)25-29(17-8-2,20-14-23-11-5)27-30(26-28,18-9-3)21-15-24-12-6/h7-21H2,1-6H3. The van der Waals surface area contributed by atoms with Crippen LogP contribution in [-0.2, 0) is 26.6 Å². The van der Waals surface area contributed by atoms with Crippen molar-refractivity contribution in [2.24, 2.45) is 0 Å². The molecular weight excluding hydrogens is 432 g/mol. The van der Waals surface area contributed by atoms with Gasteiger partial charge in [-0.05, 0) is 38.9 Å². The Morgan fingerprint density at radius 1 is 0.433 bits per heavy atom. The molecule has 180 valence electrons. The summed E-state index contributed by atoms with van der Waals surface area (Å²) in [5.74, 6) is 0. The van der Waals surface area contributed by atoms with Gasteiger partial charge >= 0.3 is 25.7 Å². The van der Waals surface area contributed by atoms with E-state index >= 15 is 0 Å². The highest BCUT2D eigenvalue weighted by atomic mass is 28.5. The first-order valence-electron chi connectivity index (χ1n) is 12.3. The maximum absolute atomic E-state index is 7.11. The largest absolute Gasteiger partial charge is 0.415 e. The van der Waals surface area contributed by atoms with Crippen LogP contribution in [0.3, 0.4) is 0 Å². The van der Waals surface area contributed by atoms with E-state index in [1.807, 2.05) is 0 Å². The van der Waals surface area contributed by atoms with E-state index in [1.54, 1.807) is 0 Å². The number of hydrogen-bond donors (Lipinski definition) is 0. The summed E-state index contributed by atoms with van der Waals surface area (Å²) in [5, 5.41) is 0. The zero-order valence-corrected chi connectivity index (χ0v) is 23.6. The molecule has 0 atom stereocenters. The Labute approximate surface area is 189 Å². The van der Waals surface area contributed by atoms with Crippen molar-refractivity contribution < 1.29 is 26.6 Å². The summed E-state index contributed by atoms with van der Waals surface area (Å²) >= 11 is 0. The average molecular weight is 481 g/mol. The van der Waals surface area contributed by atoms with Crippen LogP contribution in [0.5, 0.6) is 0 Å². The Balaban J connectivity index is 3.29. The zero-order valence-electron chi connectivity index (χ0n) is 20.6. The van der Waals surface area contributed by atoms with Crippen LogP contribution in [0.15, 0.2) is 0 Å². The summed E-state index contributed by atoms with van der Waals surface area (Å²) < 4.78 is 38.7. The van der Waals surface area contributed by atoms with Gasteiger partial charge < -0.3 is 26.6 Å². The van der Waals surface area contributed by atoms with Crippen molar-refractivity contribution in [3.63, 3.8) is 0 Å². The topological polar surface area (TPSA) is 55.4 Å². The van der Waals surface area contributed by atoms with Crippen LogP contribution in [0.2, 0.25) is 36.3 Å². The van der Waals surface area contributed by atoms with E-state index < -0.39 is 25.7 Å². The van der Waals surface area contributed by atoms with E-state index in [9.17, 15) is 0 Å². The molecule has 9 heteroatoms. The maximum atomic E-state index is 7.11. The molecule has 30 heavy (non-hydrogen) atoms. The summed E-state index contributed by atoms with van der Waals surface area (Å²) in [7, 11) is -7.27. The molecule has 1 saturated heterocycles. The molecule has 6 nitrogen and oxygen atoms in total. The molecule has 0 saturated carbocycles. The lowest BCUT2D eigenvalue weighted by atomic mass is 10.6. The average Bonchev–Trinajstić information content (AvgIpc) is 2.69. The van der Waals surface area contributed by atoms with Crippen LogP contribution in [0.1, 0.15) is 60.8 Å². The highest BCUT2D eigenvalue weighted by Gasteiger charge is 2.60. The van der Waals surface area contributed by atoms with Crippen molar-refractivity contribution in [2.45, 2.75) is 97.1 Å². The van der Waals surface area contributed by atoms with E-state index in [0.29, 0.717) is 19.8 Å². The highest BCUT2D eigenvalue weighted by Crippen LogP contribution is 2.43. The minimum Gasteiger partial charge on any atom is -0.415 e. The first-order chi connectivity index (χ1) is 14.5. The van der Waals surface area contributed by atoms with Gasteiger partial charge in [-0.25, -0.2) is 0 Å². The number of rotatable bonds is 18. The van der Waals surface area contributed by atoms with Crippen molar-refractivity contribution in [2.75, 3.05) is 39.6 Å². The zero-order chi connectivity index (χ0) is 22.3. The van der Waals surface area contributed by atoms with Crippen molar-refractivity contribution in [3.05, 3.63) is 0 Å². The molecular formula is C21H48O6Si3. The van der Waals surface area contributed by atoms with Crippen LogP contribution in [0.25, 0.3) is 0 Å². The fraction of sp³-hybridized carbons (Fsp3) is 1.00. The third-order valence-corrected chi connectivity index (χ3v) is 21.1. The fourth-order valence-electron chi connectivity index (χ4n) is 4.33. The molecule has 1 aliphatic rings. The van der Waals surface area contributed by atoms with Crippen LogP contribution >= 0.6 is 0 Å². The lowest BCUT2D eigenvalue weighted by molar-refractivity contribution is 0.128.